The summed E-state index contributed by atoms with van der Waals surface area (Å²) in [6.45, 7) is 1.99. The smallest absolute Gasteiger partial charge is 0.354 e. The van der Waals surface area contributed by atoms with Crippen molar-refractivity contribution in [1.29, 1.82) is 0 Å². The molecule has 2 heterocycles. The van der Waals surface area contributed by atoms with Gasteiger partial charge in [0.1, 0.15) is 0 Å². The van der Waals surface area contributed by atoms with Crippen molar-refractivity contribution in [1.82, 2.24) is 14.4 Å². The van der Waals surface area contributed by atoms with Crippen molar-refractivity contribution >= 4 is 11.6 Å². The van der Waals surface area contributed by atoms with Gasteiger partial charge in [-0.2, -0.15) is 0 Å². The highest BCUT2D eigenvalue weighted by molar-refractivity contribution is 5.88. The largest absolute Gasteiger partial charge is 0.477 e. The third-order valence-electron chi connectivity index (χ3n) is 2.19. The van der Waals surface area contributed by atoms with Gasteiger partial charge in [0.25, 0.3) is 0 Å². The molecule has 1 N–H and O–H groups in total. The van der Waals surface area contributed by atoms with Crippen molar-refractivity contribution in [2.75, 3.05) is 0 Å². The van der Waals surface area contributed by atoms with Crippen LogP contribution in [0.15, 0.2) is 18.6 Å². The second kappa shape index (κ2) is 3.68. The summed E-state index contributed by atoms with van der Waals surface area (Å²) in [5, 5.41) is 9.10. The molecule has 0 atom stereocenters. The zero-order valence-corrected chi connectivity index (χ0v) is 8.34. The van der Waals surface area contributed by atoms with Gasteiger partial charge in [0.05, 0.1) is 11.9 Å². The Morgan fingerprint density at radius 1 is 1.60 bits per heavy atom. The van der Waals surface area contributed by atoms with E-state index in [1.807, 2.05) is 6.92 Å². The molecule has 5 nitrogen and oxygen atoms in total. The van der Waals surface area contributed by atoms with Crippen LogP contribution in [0.2, 0.25) is 0 Å². The lowest BCUT2D eigenvalue weighted by molar-refractivity contribution is 0.0688. The molecular weight excluding hydrogens is 194 g/mol. The number of imidazole rings is 1. The molecule has 0 saturated heterocycles. The number of aryl methyl sites for hydroxylation is 1. The van der Waals surface area contributed by atoms with E-state index in [0.29, 0.717) is 17.8 Å². The van der Waals surface area contributed by atoms with Gasteiger partial charge in [-0.15, -0.1) is 0 Å². The maximum Gasteiger partial charge on any atom is 0.354 e. The zero-order chi connectivity index (χ0) is 10.8. The van der Waals surface area contributed by atoms with E-state index in [2.05, 4.69) is 9.97 Å². The lowest BCUT2D eigenvalue weighted by Crippen LogP contribution is -2.05. The number of fused-ring (bicyclic) bond motifs is 1. The van der Waals surface area contributed by atoms with Crippen molar-refractivity contribution < 1.29 is 9.90 Å². The summed E-state index contributed by atoms with van der Waals surface area (Å²) in [5.41, 5.74) is 1.45. The monoisotopic (exact) mass is 205 g/mol. The van der Waals surface area contributed by atoms with Crippen LogP contribution in [0, 0.1) is 0 Å². The average Bonchev–Trinajstić information content (AvgIpc) is 2.56. The summed E-state index contributed by atoms with van der Waals surface area (Å²) >= 11 is 0. The number of hydrogen-bond donors (Lipinski definition) is 1. The van der Waals surface area contributed by atoms with Gasteiger partial charge in [0.2, 0.25) is 0 Å². The Bertz CT molecular complexity index is 504. The van der Waals surface area contributed by atoms with Crippen LogP contribution in [0.3, 0.4) is 0 Å². The first-order valence-corrected chi connectivity index (χ1v) is 4.78. The minimum Gasteiger partial charge on any atom is -0.477 e. The molecule has 0 aromatic carbocycles. The van der Waals surface area contributed by atoms with Crippen LogP contribution < -0.4 is 0 Å². The van der Waals surface area contributed by atoms with Gasteiger partial charge in [-0.1, -0.05) is 13.3 Å². The number of carbonyl (C=O) groups is 1. The fraction of sp³-hybridized carbons (Fsp3) is 0.300. The molecule has 0 spiro atoms. The Hall–Kier alpha value is -1.91. The van der Waals surface area contributed by atoms with Crippen LogP contribution in [0.4, 0.5) is 0 Å². The zero-order valence-electron chi connectivity index (χ0n) is 8.34. The summed E-state index contributed by atoms with van der Waals surface area (Å²) in [7, 11) is 0. The topological polar surface area (TPSA) is 67.5 Å². The Balaban J connectivity index is 2.69. The molecule has 0 fully saturated rings. The van der Waals surface area contributed by atoms with Gasteiger partial charge in [0, 0.05) is 12.4 Å². The van der Waals surface area contributed by atoms with Gasteiger partial charge >= 0.3 is 5.97 Å². The number of carboxylic acids is 1. The van der Waals surface area contributed by atoms with Gasteiger partial charge in [-0.25, -0.2) is 9.78 Å². The number of carboxylic acid groups (broad SMARTS) is 1. The van der Waals surface area contributed by atoms with Crippen LogP contribution in [0.1, 0.15) is 29.5 Å². The third-order valence-corrected chi connectivity index (χ3v) is 2.19. The van der Waals surface area contributed by atoms with Crippen molar-refractivity contribution in [3.63, 3.8) is 0 Å². The van der Waals surface area contributed by atoms with E-state index in [9.17, 15) is 4.79 Å². The predicted molar refractivity (Wildman–Crippen MR) is 53.9 cm³/mol. The van der Waals surface area contributed by atoms with Crippen LogP contribution >= 0.6 is 0 Å². The molecule has 0 saturated carbocycles. The SMILES string of the molecule is CCCc1nc2cnccn2c1C(=O)O. The fourth-order valence-corrected chi connectivity index (χ4v) is 1.59. The minimum atomic E-state index is -0.947. The first-order valence-electron chi connectivity index (χ1n) is 4.78. The highest BCUT2D eigenvalue weighted by atomic mass is 16.4. The predicted octanol–water partition coefficient (Wildman–Crippen LogP) is 1.38. The second-order valence-corrected chi connectivity index (χ2v) is 3.27. The summed E-state index contributed by atoms with van der Waals surface area (Å²) in [6.07, 6.45) is 6.27. The van der Waals surface area contributed by atoms with E-state index < -0.39 is 5.97 Å². The molecule has 0 unspecified atom stereocenters. The van der Waals surface area contributed by atoms with E-state index in [1.54, 1.807) is 23.0 Å². The molecule has 0 aliphatic carbocycles. The number of aromatic nitrogens is 3. The Morgan fingerprint density at radius 2 is 2.40 bits per heavy atom. The molecule has 0 bridgehead atoms. The van der Waals surface area contributed by atoms with Gasteiger partial charge < -0.3 is 5.11 Å². The Kier molecular flexibility index (Phi) is 2.37. The van der Waals surface area contributed by atoms with Gasteiger partial charge in [0.15, 0.2) is 11.3 Å². The molecule has 0 amide bonds. The second-order valence-electron chi connectivity index (χ2n) is 3.27. The molecule has 15 heavy (non-hydrogen) atoms. The first kappa shape index (κ1) is 9.64. The lowest BCUT2D eigenvalue weighted by Gasteiger charge is -1.97. The summed E-state index contributed by atoms with van der Waals surface area (Å²) in [4.78, 5) is 19.2. The molecule has 0 aliphatic rings. The highest BCUT2D eigenvalue weighted by Crippen LogP contribution is 2.13. The number of rotatable bonds is 3. The molecule has 2 rings (SSSR count). The third kappa shape index (κ3) is 1.56. The quantitative estimate of drug-likeness (QED) is 0.821. The van der Waals surface area contributed by atoms with E-state index in [4.69, 9.17) is 5.11 Å². The van der Waals surface area contributed by atoms with Gasteiger partial charge in [-0.3, -0.25) is 9.38 Å². The first-order chi connectivity index (χ1) is 7.24. The average molecular weight is 205 g/mol. The molecule has 2 aromatic heterocycles. The van der Waals surface area contributed by atoms with Crippen molar-refractivity contribution in [3.8, 4) is 0 Å². The normalized spacial score (nSPS) is 10.7. The summed E-state index contributed by atoms with van der Waals surface area (Å²) in [5.74, 6) is -0.947. The summed E-state index contributed by atoms with van der Waals surface area (Å²) in [6, 6.07) is 0. The number of nitrogens with zero attached hydrogens (tertiary/aromatic N) is 3. The van der Waals surface area contributed by atoms with Crippen molar-refractivity contribution in [2.45, 2.75) is 19.8 Å². The van der Waals surface area contributed by atoms with Crippen molar-refractivity contribution in [3.05, 3.63) is 30.0 Å². The molecule has 2 aromatic rings. The molecule has 78 valence electrons. The van der Waals surface area contributed by atoms with E-state index in [0.717, 1.165) is 6.42 Å². The van der Waals surface area contributed by atoms with E-state index in [1.165, 1.54) is 0 Å². The van der Waals surface area contributed by atoms with E-state index >= 15 is 0 Å². The molecular formula is C10H11N3O2. The van der Waals surface area contributed by atoms with Crippen LogP contribution in [-0.4, -0.2) is 25.4 Å². The van der Waals surface area contributed by atoms with Crippen LogP contribution in [0.5, 0.6) is 0 Å². The van der Waals surface area contributed by atoms with Crippen LogP contribution in [-0.2, 0) is 6.42 Å². The van der Waals surface area contributed by atoms with Gasteiger partial charge in [-0.05, 0) is 6.42 Å². The highest BCUT2D eigenvalue weighted by Gasteiger charge is 2.17. The Labute approximate surface area is 86.4 Å². The number of hydrogen-bond acceptors (Lipinski definition) is 3. The fourth-order valence-electron chi connectivity index (χ4n) is 1.59. The lowest BCUT2D eigenvalue weighted by atomic mass is 10.2. The standard InChI is InChI=1S/C10H11N3O2/c1-2-3-7-9(10(14)15)13-5-4-11-6-8(13)12-7/h4-6H,2-3H2,1H3,(H,14,15). The maximum absolute atomic E-state index is 11.1. The molecule has 0 radical (unpaired) electrons. The Morgan fingerprint density at radius 3 is 3.07 bits per heavy atom. The molecule has 0 aliphatic heterocycles. The summed E-state index contributed by atoms with van der Waals surface area (Å²) < 4.78 is 1.56. The number of aromatic carboxylic acids is 1. The maximum atomic E-state index is 11.1. The minimum absolute atomic E-state index is 0.245. The van der Waals surface area contributed by atoms with Crippen LogP contribution in [0.25, 0.3) is 5.65 Å². The van der Waals surface area contributed by atoms with Crippen molar-refractivity contribution in [2.24, 2.45) is 0 Å². The van der Waals surface area contributed by atoms with E-state index in [-0.39, 0.29) is 5.69 Å². The molecule has 5 heteroatoms.